The highest BCUT2D eigenvalue weighted by Gasteiger charge is 2.46. The van der Waals surface area contributed by atoms with Crippen LogP contribution in [0.5, 0.6) is 11.5 Å². The molecule has 1 heterocycles. The Morgan fingerprint density at radius 3 is 2.22 bits per heavy atom. The van der Waals surface area contributed by atoms with E-state index >= 15 is 0 Å². The molecular formula is C39H56O6S. The van der Waals surface area contributed by atoms with Gasteiger partial charge < -0.3 is 18.6 Å². The lowest BCUT2D eigenvalue weighted by molar-refractivity contribution is -0.177. The minimum Gasteiger partial charge on any atom is -0.496 e. The summed E-state index contributed by atoms with van der Waals surface area (Å²) in [5.41, 5.74) is 0.942. The van der Waals surface area contributed by atoms with Gasteiger partial charge in [-0.3, -0.25) is 4.79 Å². The van der Waals surface area contributed by atoms with Gasteiger partial charge in [0.15, 0.2) is 10.5 Å². The van der Waals surface area contributed by atoms with Crippen LogP contribution in [0.3, 0.4) is 0 Å². The molecule has 6 nitrogen and oxygen atoms in total. The topological polar surface area (TPSA) is 75.0 Å². The van der Waals surface area contributed by atoms with Gasteiger partial charge in [-0.25, -0.2) is 4.79 Å². The molecule has 7 heteroatoms. The molecule has 0 bridgehead atoms. The van der Waals surface area contributed by atoms with E-state index in [0.717, 1.165) is 24.6 Å². The maximum atomic E-state index is 13.4. The van der Waals surface area contributed by atoms with Crippen molar-refractivity contribution >= 4 is 29.6 Å². The highest BCUT2D eigenvalue weighted by atomic mass is 32.1. The van der Waals surface area contributed by atoms with E-state index in [1.807, 2.05) is 18.2 Å². The standard InChI is InChI=1S/C39H56O6S/c1-12-14-15-16-26(13-2)27-18-20-30(34(23-27)42-11)31-22-28-17-19-29(24-33(28)43-35(31)40)44-39(10,46)38(8,9)45-36(41)32(21-25(3)4)37(5,6)7/h17-20,22-26,32,46H,12-16,21H2,1-11H3. The molecule has 0 amide bonds. The first-order chi connectivity index (χ1) is 21.4. The predicted molar refractivity (Wildman–Crippen MR) is 192 cm³/mol. The van der Waals surface area contributed by atoms with E-state index in [1.54, 1.807) is 40.0 Å². The van der Waals surface area contributed by atoms with Gasteiger partial charge in [0.2, 0.25) is 0 Å². The second kappa shape index (κ2) is 15.3. The average molecular weight is 653 g/mol. The summed E-state index contributed by atoms with van der Waals surface area (Å²) in [6.07, 6.45) is 6.53. The van der Waals surface area contributed by atoms with Crippen LogP contribution in [0.4, 0.5) is 0 Å². The number of hydrogen-bond donors (Lipinski definition) is 1. The number of esters is 1. The smallest absolute Gasteiger partial charge is 0.344 e. The van der Waals surface area contributed by atoms with Crippen molar-refractivity contribution in [2.45, 2.75) is 124 Å². The molecule has 0 saturated heterocycles. The number of carbonyl (C=O) groups excluding carboxylic acids is 1. The minimum absolute atomic E-state index is 0.252. The third kappa shape index (κ3) is 9.11. The van der Waals surface area contributed by atoms with Gasteiger partial charge in [0, 0.05) is 17.0 Å². The van der Waals surface area contributed by atoms with E-state index < -0.39 is 16.2 Å². The normalized spacial score (nSPS) is 15.0. The number of fused-ring (bicyclic) bond motifs is 1. The molecule has 0 N–H and O–H groups in total. The van der Waals surface area contributed by atoms with Gasteiger partial charge in [-0.05, 0) is 87.1 Å². The van der Waals surface area contributed by atoms with Crippen molar-refractivity contribution in [3.05, 3.63) is 58.4 Å². The maximum Gasteiger partial charge on any atom is 0.344 e. The van der Waals surface area contributed by atoms with Gasteiger partial charge in [-0.1, -0.05) is 79.9 Å². The number of carbonyl (C=O) groups is 1. The molecule has 46 heavy (non-hydrogen) atoms. The number of unbranched alkanes of at least 4 members (excludes halogenated alkanes) is 2. The largest absolute Gasteiger partial charge is 0.496 e. The maximum absolute atomic E-state index is 13.4. The first-order valence-electron chi connectivity index (χ1n) is 16.8. The number of hydrogen-bond acceptors (Lipinski definition) is 7. The summed E-state index contributed by atoms with van der Waals surface area (Å²) in [6, 6.07) is 13.3. The monoisotopic (exact) mass is 652 g/mol. The lowest BCUT2D eigenvalue weighted by Gasteiger charge is -2.41. The summed E-state index contributed by atoms with van der Waals surface area (Å²) >= 11 is 4.81. The van der Waals surface area contributed by atoms with Crippen molar-refractivity contribution in [2.75, 3.05) is 7.11 Å². The highest BCUT2D eigenvalue weighted by Crippen LogP contribution is 2.40. The van der Waals surface area contributed by atoms with E-state index in [9.17, 15) is 9.59 Å². The molecule has 0 aliphatic carbocycles. The fraction of sp³-hybridized carbons (Fsp3) is 0.590. The van der Waals surface area contributed by atoms with E-state index in [2.05, 4.69) is 60.6 Å². The third-order valence-electron chi connectivity index (χ3n) is 9.17. The summed E-state index contributed by atoms with van der Waals surface area (Å²) in [5, 5.41) is 0.743. The zero-order chi connectivity index (χ0) is 34.4. The van der Waals surface area contributed by atoms with E-state index in [1.165, 1.54) is 24.8 Å². The number of thiol groups is 1. The molecule has 2 aromatic carbocycles. The van der Waals surface area contributed by atoms with Crippen molar-refractivity contribution in [1.82, 2.24) is 0 Å². The first kappa shape index (κ1) is 37.5. The first-order valence-corrected chi connectivity index (χ1v) is 17.3. The number of ether oxygens (including phenoxy) is 3. The van der Waals surface area contributed by atoms with Crippen molar-refractivity contribution in [2.24, 2.45) is 17.3 Å². The van der Waals surface area contributed by atoms with Crippen molar-refractivity contribution in [3.63, 3.8) is 0 Å². The fourth-order valence-electron chi connectivity index (χ4n) is 5.82. The molecule has 0 radical (unpaired) electrons. The van der Waals surface area contributed by atoms with E-state index in [4.69, 9.17) is 31.3 Å². The van der Waals surface area contributed by atoms with Crippen LogP contribution in [-0.2, 0) is 9.53 Å². The molecular weight excluding hydrogens is 596 g/mol. The van der Waals surface area contributed by atoms with Gasteiger partial charge >= 0.3 is 11.6 Å². The van der Waals surface area contributed by atoms with E-state index in [0.29, 0.717) is 40.0 Å². The Morgan fingerprint density at radius 1 is 0.935 bits per heavy atom. The Kier molecular flexibility index (Phi) is 12.5. The number of methoxy groups -OCH3 is 1. The second-order valence-electron chi connectivity index (χ2n) is 14.8. The summed E-state index contributed by atoms with van der Waals surface area (Å²) in [5.74, 6) is 1.36. The van der Waals surface area contributed by atoms with Gasteiger partial charge in [-0.2, -0.15) is 0 Å². The van der Waals surface area contributed by atoms with Gasteiger partial charge in [-0.15, -0.1) is 12.6 Å². The fourth-order valence-corrected chi connectivity index (χ4v) is 5.97. The van der Waals surface area contributed by atoms with Crippen LogP contribution in [0.25, 0.3) is 22.1 Å². The molecule has 3 aromatic rings. The van der Waals surface area contributed by atoms with Crippen LogP contribution in [0.1, 0.15) is 119 Å². The SMILES string of the molecule is CCCCCC(CC)c1ccc(-c2cc3ccc(OC(C)(S)C(C)(C)OC(=O)C(CC(C)C)C(C)(C)C)cc3oc2=O)c(OC)c1. The van der Waals surface area contributed by atoms with Gasteiger partial charge in [0.25, 0.3) is 0 Å². The molecule has 3 unspecified atom stereocenters. The quantitative estimate of drug-likeness (QED) is 0.0579. The molecule has 1 aromatic heterocycles. The zero-order valence-electron chi connectivity index (χ0n) is 29.9. The molecule has 3 atom stereocenters. The molecule has 0 spiro atoms. The molecule has 3 rings (SSSR count). The van der Waals surface area contributed by atoms with Gasteiger partial charge in [0.05, 0.1) is 18.6 Å². The summed E-state index contributed by atoms with van der Waals surface area (Å²) in [6.45, 7) is 20.2. The number of benzene rings is 2. The van der Waals surface area contributed by atoms with Crippen molar-refractivity contribution in [3.8, 4) is 22.6 Å². The van der Waals surface area contributed by atoms with Crippen LogP contribution in [0, 0.1) is 17.3 Å². The van der Waals surface area contributed by atoms with Crippen LogP contribution in [-0.4, -0.2) is 23.6 Å². The minimum atomic E-state index is -1.20. The molecule has 0 aliphatic rings. The molecule has 0 fully saturated rings. The molecule has 254 valence electrons. The van der Waals surface area contributed by atoms with Crippen molar-refractivity contribution in [1.29, 1.82) is 0 Å². The molecule has 0 saturated carbocycles. The van der Waals surface area contributed by atoms with Crippen LogP contribution >= 0.6 is 12.6 Å². The summed E-state index contributed by atoms with van der Waals surface area (Å²) in [7, 11) is 1.63. The Morgan fingerprint density at radius 2 is 1.63 bits per heavy atom. The Hall–Kier alpha value is -2.93. The highest BCUT2D eigenvalue weighted by molar-refractivity contribution is 7.81. The summed E-state index contributed by atoms with van der Waals surface area (Å²) in [4.78, 5) is 25.5. The number of rotatable bonds is 15. The summed E-state index contributed by atoms with van der Waals surface area (Å²) < 4.78 is 24.0. The van der Waals surface area contributed by atoms with Crippen LogP contribution in [0.2, 0.25) is 0 Å². The van der Waals surface area contributed by atoms with Crippen LogP contribution in [0.15, 0.2) is 51.7 Å². The van der Waals surface area contributed by atoms with Crippen molar-refractivity contribution < 1.29 is 23.4 Å². The Labute approximate surface area is 282 Å². The zero-order valence-corrected chi connectivity index (χ0v) is 30.8. The van der Waals surface area contributed by atoms with Gasteiger partial charge in [0.1, 0.15) is 17.1 Å². The predicted octanol–water partition coefficient (Wildman–Crippen LogP) is 10.6. The lowest BCUT2D eigenvalue weighted by atomic mass is 9.76. The Balaban J connectivity index is 1.87. The van der Waals surface area contributed by atoms with E-state index in [-0.39, 0.29) is 17.3 Å². The average Bonchev–Trinajstić information content (AvgIpc) is 2.96. The third-order valence-corrected chi connectivity index (χ3v) is 9.80. The Bertz CT molecular complexity index is 1530. The second-order valence-corrected chi connectivity index (χ2v) is 15.6. The van der Waals surface area contributed by atoms with Crippen LogP contribution < -0.4 is 15.1 Å². The molecule has 0 aliphatic heterocycles. The lowest BCUT2D eigenvalue weighted by Crippen LogP contribution is -2.52.